The summed E-state index contributed by atoms with van der Waals surface area (Å²) in [7, 11) is 0. The molecule has 1 rings (SSSR count). The molecule has 0 aliphatic heterocycles. The highest BCUT2D eigenvalue weighted by molar-refractivity contribution is 5.80. The molecule has 0 aliphatic rings. The van der Waals surface area contributed by atoms with E-state index < -0.39 is 0 Å². The number of aliphatic imine (C=N–C) groups is 1. The molecule has 0 fully saturated rings. The third-order valence-corrected chi connectivity index (χ3v) is 3.80. The van der Waals surface area contributed by atoms with E-state index in [1.165, 1.54) is 0 Å². The highest BCUT2D eigenvalue weighted by Gasteiger charge is 2.13. The van der Waals surface area contributed by atoms with Gasteiger partial charge in [0.25, 0.3) is 0 Å². The maximum Gasteiger partial charge on any atom is 0.191 e. The van der Waals surface area contributed by atoms with Crippen molar-refractivity contribution in [3.8, 4) is 11.5 Å². The molecular weight excluding hydrogens is 340 g/mol. The Morgan fingerprint density at radius 1 is 1.07 bits per heavy atom. The Morgan fingerprint density at radius 3 is 2.33 bits per heavy atom. The maximum atomic E-state index is 5.74. The number of ether oxygens (including phenoxy) is 2. The molecule has 0 aliphatic carbocycles. The average molecular weight is 379 g/mol. The van der Waals surface area contributed by atoms with Crippen molar-refractivity contribution < 1.29 is 9.47 Å². The summed E-state index contributed by atoms with van der Waals surface area (Å²) in [6.45, 7) is 18.2. The van der Waals surface area contributed by atoms with E-state index in [1.54, 1.807) is 0 Å². The zero-order chi connectivity index (χ0) is 20.3. The first-order chi connectivity index (χ1) is 12.8. The van der Waals surface area contributed by atoms with Crippen molar-refractivity contribution in [3.05, 3.63) is 23.8 Å². The molecule has 0 heterocycles. The molecule has 0 bridgehead atoms. The monoisotopic (exact) mass is 378 g/mol. The quantitative estimate of drug-likeness (QED) is 0.330. The van der Waals surface area contributed by atoms with Crippen LogP contribution in [0.4, 0.5) is 0 Å². The van der Waals surface area contributed by atoms with Gasteiger partial charge in [-0.1, -0.05) is 6.07 Å². The van der Waals surface area contributed by atoms with E-state index >= 15 is 0 Å². The highest BCUT2D eigenvalue weighted by atomic mass is 16.5. The minimum Gasteiger partial charge on any atom is -0.490 e. The third kappa shape index (κ3) is 9.00. The summed E-state index contributed by atoms with van der Waals surface area (Å²) in [5.74, 6) is 2.37. The van der Waals surface area contributed by atoms with Crippen LogP contribution >= 0.6 is 0 Å². The molecule has 1 aromatic carbocycles. The lowest BCUT2D eigenvalue weighted by atomic mass is 10.1. The van der Waals surface area contributed by atoms with Gasteiger partial charge in [-0.05, 0) is 66.2 Å². The van der Waals surface area contributed by atoms with Gasteiger partial charge in [-0.15, -0.1) is 0 Å². The number of nitrogens with zero attached hydrogens (tertiary/aromatic N) is 1. The second kappa shape index (κ2) is 11.7. The molecule has 6 nitrogen and oxygen atoms in total. The molecule has 1 atom stereocenters. The van der Waals surface area contributed by atoms with Gasteiger partial charge >= 0.3 is 0 Å². The van der Waals surface area contributed by atoms with Gasteiger partial charge in [0, 0.05) is 18.6 Å². The number of nitrogens with one attached hydrogen (secondary N) is 3. The highest BCUT2D eigenvalue weighted by Crippen LogP contribution is 2.30. The first kappa shape index (κ1) is 23.1. The van der Waals surface area contributed by atoms with Crippen LogP contribution in [0.15, 0.2) is 23.2 Å². The maximum absolute atomic E-state index is 5.74. The van der Waals surface area contributed by atoms with E-state index in [9.17, 15) is 0 Å². The molecule has 27 heavy (non-hydrogen) atoms. The van der Waals surface area contributed by atoms with Crippen molar-refractivity contribution in [3.63, 3.8) is 0 Å². The lowest BCUT2D eigenvalue weighted by molar-refractivity contribution is 0.287. The Hall–Kier alpha value is -1.95. The zero-order valence-electron chi connectivity index (χ0n) is 18.1. The Morgan fingerprint density at radius 2 is 1.74 bits per heavy atom. The third-order valence-electron chi connectivity index (χ3n) is 3.80. The normalized spacial score (nSPS) is 13.2. The van der Waals surface area contributed by atoms with Gasteiger partial charge in [-0.2, -0.15) is 0 Å². The Labute approximate surface area is 165 Å². The SMILES string of the molecule is CCNC(=NCCNC(C)(C)C)NC(C)c1ccc(OCC)c(OCC)c1. The Balaban J connectivity index is 2.79. The standard InChI is InChI=1S/C21H38N4O2/c1-8-22-20(23-13-14-24-21(5,6)7)25-16(4)17-11-12-18(26-9-2)19(15-17)27-10-3/h11-12,15-16,24H,8-10,13-14H2,1-7H3,(H2,22,23,25). The van der Waals surface area contributed by atoms with E-state index in [2.05, 4.69) is 61.6 Å². The number of hydrogen-bond donors (Lipinski definition) is 3. The van der Waals surface area contributed by atoms with Crippen molar-refractivity contribution in [1.82, 2.24) is 16.0 Å². The van der Waals surface area contributed by atoms with E-state index in [-0.39, 0.29) is 11.6 Å². The van der Waals surface area contributed by atoms with Crippen LogP contribution in [0.1, 0.15) is 60.1 Å². The molecule has 154 valence electrons. The average Bonchev–Trinajstić information content (AvgIpc) is 2.59. The van der Waals surface area contributed by atoms with Crippen molar-refractivity contribution >= 4 is 5.96 Å². The minimum atomic E-state index is 0.0910. The number of rotatable bonds is 10. The zero-order valence-corrected chi connectivity index (χ0v) is 18.1. The van der Waals surface area contributed by atoms with E-state index in [0.29, 0.717) is 19.8 Å². The van der Waals surface area contributed by atoms with Gasteiger partial charge in [0.15, 0.2) is 17.5 Å². The molecule has 1 aromatic rings. The predicted molar refractivity (Wildman–Crippen MR) is 114 cm³/mol. The van der Waals surface area contributed by atoms with Crippen molar-refractivity contribution in [2.45, 2.75) is 60.0 Å². The predicted octanol–water partition coefficient (Wildman–Crippen LogP) is 3.49. The van der Waals surface area contributed by atoms with E-state index in [0.717, 1.165) is 36.1 Å². The van der Waals surface area contributed by atoms with Crippen molar-refractivity contribution in [2.75, 3.05) is 32.8 Å². The van der Waals surface area contributed by atoms with Crippen LogP contribution < -0.4 is 25.4 Å². The summed E-state index contributed by atoms with van der Waals surface area (Å²) in [6, 6.07) is 6.17. The Kier molecular flexibility index (Phi) is 10.0. The molecule has 0 radical (unpaired) electrons. The van der Waals surface area contributed by atoms with Crippen LogP contribution in [0, 0.1) is 0 Å². The van der Waals surface area contributed by atoms with Crippen LogP contribution in [0.2, 0.25) is 0 Å². The molecule has 0 saturated carbocycles. The summed E-state index contributed by atoms with van der Waals surface area (Å²) in [5.41, 5.74) is 1.23. The summed E-state index contributed by atoms with van der Waals surface area (Å²) in [4.78, 5) is 4.66. The molecule has 0 amide bonds. The molecule has 0 aromatic heterocycles. The topological polar surface area (TPSA) is 66.9 Å². The van der Waals surface area contributed by atoms with Gasteiger partial charge in [0.2, 0.25) is 0 Å². The molecule has 3 N–H and O–H groups in total. The van der Waals surface area contributed by atoms with Crippen LogP contribution in [0.25, 0.3) is 0 Å². The molecular formula is C21H38N4O2. The molecule has 0 spiro atoms. The second-order valence-corrected chi connectivity index (χ2v) is 7.38. The summed E-state index contributed by atoms with van der Waals surface area (Å²) in [6.07, 6.45) is 0. The van der Waals surface area contributed by atoms with Crippen LogP contribution in [-0.4, -0.2) is 44.3 Å². The first-order valence-corrected chi connectivity index (χ1v) is 10.00. The lowest BCUT2D eigenvalue weighted by Gasteiger charge is -2.21. The molecule has 1 unspecified atom stereocenters. The number of guanidine groups is 1. The minimum absolute atomic E-state index is 0.0910. The second-order valence-electron chi connectivity index (χ2n) is 7.38. The van der Waals surface area contributed by atoms with Crippen molar-refractivity contribution in [1.29, 1.82) is 0 Å². The number of hydrogen-bond acceptors (Lipinski definition) is 4. The lowest BCUT2D eigenvalue weighted by Crippen LogP contribution is -2.40. The smallest absolute Gasteiger partial charge is 0.191 e. The van der Waals surface area contributed by atoms with E-state index in [1.807, 2.05) is 26.0 Å². The van der Waals surface area contributed by atoms with E-state index in [4.69, 9.17) is 9.47 Å². The van der Waals surface area contributed by atoms with Gasteiger partial charge in [0.05, 0.1) is 25.8 Å². The van der Waals surface area contributed by atoms with Crippen LogP contribution in [0.3, 0.4) is 0 Å². The van der Waals surface area contributed by atoms with Crippen LogP contribution in [-0.2, 0) is 0 Å². The summed E-state index contributed by atoms with van der Waals surface area (Å²) >= 11 is 0. The molecule has 0 saturated heterocycles. The summed E-state index contributed by atoms with van der Waals surface area (Å²) < 4.78 is 11.4. The van der Waals surface area contributed by atoms with Gasteiger partial charge < -0.3 is 25.4 Å². The Bertz CT molecular complexity index is 582. The molecule has 6 heteroatoms. The summed E-state index contributed by atoms with van der Waals surface area (Å²) in [5, 5.41) is 10.2. The fourth-order valence-electron chi connectivity index (χ4n) is 2.54. The van der Waals surface area contributed by atoms with Gasteiger partial charge in [0.1, 0.15) is 0 Å². The fraction of sp³-hybridized carbons (Fsp3) is 0.667. The van der Waals surface area contributed by atoms with Crippen molar-refractivity contribution in [2.24, 2.45) is 4.99 Å². The van der Waals surface area contributed by atoms with Gasteiger partial charge in [-0.3, -0.25) is 4.99 Å². The largest absolute Gasteiger partial charge is 0.490 e. The van der Waals surface area contributed by atoms with Crippen LogP contribution in [0.5, 0.6) is 11.5 Å². The fourth-order valence-corrected chi connectivity index (χ4v) is 2.54. The number of benzene rings is 1. The first-order valence-electron chi connectivity index (χ1n) is 10.00. The van der Waals surface area contributed by atoms with Gasteiger partial charge in [-0.25, -0.2) is 0 Å².